The van der Waals surface area contributed by atoms with E-state index in [-0.39, 0.29) is 0 Å². The minimum Gasteiger partial charge on any atom is -0.382 e. The summed E-state index contributed by atoms with van der Waals surface area (Å²) in [6.07, 6.45) is 4.40. The van der Waals surface area contributed by atoms with Crippen molar-refractivity contribution in [3.63, 3.8) is 0 Å². The van der Waals surface area contributed by atoms with E-state index in [1.54, 1.807) is 0 Å². The van der Waals surface area contributed by atoms with Crippen LogP contribution in [0.1, 0.15) is 30.9 Å². The average Bonchev–Trinajstić information content (AvgIpc) is 2.79. The molecular weight excluding hydrogens is 308 g/mol. The minimum absolute atomic E-state index is 0.545. The first kappa shape index (κ1) is 14.5. The number of hydrogen-bond donors (Lipinski definition) is 2. The van der Waals surface area contributed by atoms with Crippen molar-refractivity contribution in [2.75, 3.05) is 5.73 Å². The Bertz CT molecular complexity index is 884. The Morgan fingerprint density at radius 2 is 2.09 bits per heavy atom. The standard InChI is InChI=1S/C18H19ClN4/c1-10-5-4-7-11-13(9-10)15-17(20)22-23-18(15)21-16(11)12-6-2-3-8-14(12)19/h2-3,6,8,10H,4-5,7,9H2,1H3,(H3,20,21,22,23). The van der Waals surface area contributed by atoms with Gasteiger partial charge in [0.1, 0.15) is 0 Å². The third-order valence-corrected chi connectivity index (χ3v) is 5.09. The SMILES string of the molecule is CC1CCCc2c(-c3ccccc3Cl)nc3[nH]nc(N)c3c2C1. The molecule has 0 fully saturated rings. The molecule has 3 aromatic rings. The van der Waals surface area contributed by atoms with Gasteiger partial charge in [-0.2, -0.15) is 5.10 Å². The van der Waals surface area contributed by atoms with Gasteiger partial charge in [0.05, 0.1) is 11.1 Å². The number of hydrogen-bond acceptors (Lipinski definition) is 3. The summed E-state index contributed by atoms with van der Waals surface area (Å²) in [5.74, 6) is 1.18. The van der Waals surface area contributed by atoms with Crippen LogP contribution >= 0.6 is 11.6 Å². The number of H-pyrrole nitrogens is 1. The molecule has 0 saturated heterocycles. The van der Waals surface area contributed by atoms with E-state index >= 15 is 0 Å². The van der Waals surface area contributed by atoms with Crippen LogP contribution in [0.5, 0.6) is 0 Å². The normalized spacial score (nSPS) is 17.9. The molecule has 4 rings (SSSR count). The smallest absolute Gasteiger partial charge is 0.158 e. The number of anilines is 1. The lowest BCUT2D eigenvalue weighted by molar-refractivity contribution is 0.527. The molecule has 1 aliphatic carbocycles. The van der Waals surface area contributed by atoms with Crippen LogP contribution in [0, 0.1) is 5.92 Å². The summed E-state index contributed by atoms with van der Waals surface area (Å²) in [4.78, 5) is 4.82. The van der Waals surface area contributed by atoms with Crippen molar-refractivity contribution < 1.29 is 0 Å². The molecule has 0 radical (unpaired) electrons. The van der Waals surface area contributed by atoms with E-state index in [1.807, 2.05) is 24.3 Å². The summed E-state index contributed by atoms with van der Waals surface area (Å²) in [5, 5.41) is 8.87. The maximum atomic E-state index is 6.44. The summed E-state index contributed by atoms with van der Waals surface area (Å²) < 4.78 is 0. The summed E-state index contributed by atoms with van der Waals surface area (Å²) in [7, 11) is 0. The van der Waals surface area contributed by atoms with Crippen LogP contribution in [0.3, 0.4) is 0 Å². The van der Waals surface area contributed by atoms with E-state index in [4.69, 9.17) is 22.3 Å². The first-order chi connectivity index (χ1) is 11.1. The average molecular weight is 327 g/mol. The van der Waals surface area contributed by atoms with E-state index in [0.29, 0.717) is 11.7 Å². The number of nitrogens with two attached hydrogens (primary N) is 1. The van der Waals surface area contributed by atoms with Crippen LogP contribution in [-0.2, 0) is 12.8 Å². The largest absolute Gasteiger partial charge is 0.382 e. The Labute approximate surface area is 140 Å². The quantitative estimate of drug-likeness (QED) is 0.652. The summed E-state index contributed by atoms with van der Waals surface area (Å²) in [6.45, 7) is 2.30. The lowest BCUT2D eigenvalue weighted by Crippen LogP contribution is -2.03. The van der Waals surface area contributed by atoms with E-state index in [2.05, 4.69) is 17.1 Å². The Balaban J connectivity index is 2.06. The Hall–Kier alpha value is -2.07. The van der Waals surface area contributed by atoms with Crippen LogP contribution < -0.4 is 5.73 Å². The molecule has 0 bridgehead atoms. The molecule has 23 heavy (non-hydrogen) atoms. The van der Waals surface area contributed by atoms with Crippen molar-refractivity contribution in [1.29, 1.82) is 0 Å². The van der Waals surface area contributed by atoms with Crippen molar-refractivity contribution in [1.82, 2.24) is 15.2 Å². The Kier molecular flexibility index (Phi) is 3.49. The molecule has 2 heterocycles. The predicted octanol–water partition coefficient (Wildman–Crippen LogP) is 4.38. The van der Waals surface area contributed by atoms with Gasteiger partial charge >= 0.3 is 0 Å². The monoisotopic (exact) mass is 326 g/mol. The zero-order chi connectivity index (χ0) is 16.0. The van der Waals surface area contributed by atoms with E-state index < -0.39 is 0 Å². The van der Waals surface area contributed by atoms with Gasteiger partial charge in [0.15, 0.2) is 11.5 Å². The molecule has 0 spiro atoms. The van der Waals surface area contributed by atoms with Crippen molar-refractivity contribution >= 4 is 28.5 Å². The fourth-order valence-electron chi connectivity index (χ4n) is 3.65. The van der Waals surface area contributed by atoms with Crippen molar-refractivity contribution in [2.45, 2.75) is 32.6 Å². The van der Waals surface area contributed by atoms with E-state index in [1.165, 1.54) is 17.5 Å². The van der Waals surface area contributed by atoms with Crippen molar-refractivity contribution in [3.05, 3.63) is 40.4 Å². The predicted molar refractivity (Wildman–Crippen MR) is 94.6 cm³/mol. The summed E-state index contributed by atoms with van der Waals surface area (Å²) >= 11 is 6.44. The first-order valence-corrected chi connectivity index (χ1v) is 8.43. The zero-order valence-corrected chi connectivity index (χ0v) is 13.8. The molecule has 1 aromatic carbocycles. The maximum absolute atomic E-state index is 6.44. The minimum atomic E-state index is 0.545. The van der Waals surface area contributed by atoms with Gasteiger partial charge in [-0.15, -0.1) is 0 Å². The van der Waals surface area contributed by atoms with E-state index in [9.17, 15) is 0 Å². The number of aromatic amines is 1. The third-order valence-electron chi connectivity index (χ3n) is 4.76. The maximum Gasteiger partial charge on any atom is 0.158 e. The number of fused-ring (bicyclic) bond motifs is 3. The van der Waals surface area contributed by atoms with Gasteiger partial charge in [-0.1, -0.05) is 43.1 Å². The van der Waals surface area contributed by atoms with Crippen LogP contribution in [0.15, 0.2) is 24.3 Å². The number of nitrogen functional groups attached to an aromatic ring is 1. The lowest BCUT2D eigenvalue weighted by atomic mass is 9.93. The first-order valence-electron chi connectivity index (χ1n) is 8.05. The fourth-order valence-corrected chi connectivity index (χ4v) is 3.87. The van der Waals surface area contributed by atoms with E-state index in [0.717, 1.165) is 46.6 Å². The van der Waals surface area contributed by atoms with Crippen molar-refractivity contribution in [3.8, 4) is 11.3 Å². The molecule has 4 nitrogen and oxygen atoms in total. The number of nitrogens with zero attached hydrogens (tertiary/aromatic N) is 2. The third kappa shape index (κ3) is 2.38. The highest BCUT2D eigenvalue weighted by Gasteiger charge is 2.24. The highest BCUT2D eigenvalue weighted by Crippen LogP contribution is 2.38. The summed E-state index contributed by atoms with van der Waals surface area (Å²) in [6, 6.07) is 7.89. The Morgan fingerprint density at radius 3 is 2.91 bits per heavy atom. The number of aromatic nitrogens is 3. The van der Waals surface area contributed by atoms with Gasteiger partial charge in [-0.05, 0) is 42.4 Å². The van der Waals surface area contributed by atoms with Gasteiger partial charge in [0, 0.05) is 10.6 Å². The molecule has 118 valence electrons. The second-order valence-electron chi connectivity index (χ2n) is 6.43. The number of nitrogens with one attached hydrogen (secondary N) is 1. The summed E-state index contributed by atoms with van der Waals surface area (Å²) in [5.41, 5.74) is 11.4. The highest BCUT2D eigenvalue weighted by molar-refractivity contribution is 6.33. The molecular formula is C18H19ClN4. The van der Waals surface area contributed by atoms with Gasteiger partial charge in [0.2, 0.25) is 0 Å². The molecule has 3 N–H and O–H groups in total. The van der Waals surface area contributed by atoms with Crippen LogP contribution in [0.25, 0.3) is 22.3 Å². The molecule has 2 aromatic heterocycles. The molecule has 0 saturated carbocycles. The number of pyridine rings is 1. The molecule has 5 heteroatoms. The molecule has 1 atom stereocenters. The molecule has 1 unspecified atom stereocenters. The Morgan fingerprint density at radius 1 is 1.26 bits per heavy atom. The molecule has 1 aliphatic rings. The van der Waals surface area contributed by atoms with Gasteiger partial charge in [0.25, 0.3) is 0 Å². The molecule has 0 amide bonds. The molecule has 0 aliphatic heterocycles. The number of rotatable bonds is 1. The van der Waals surface area contributed by atoms with Gasteiger partial charge in [-0.25, -0.2) is 4.98 Å². The topological polar surface area (TPSA) is 67.6 Å². The van der Waals surface area contributed by atoms with Crippen LogP contribution in [-0.4, -0.2) is 15.2 Å². The second-order valence-corrected chi connectivity index (χ2v) is 6.84. The van der Waals surface area contributed by atoms with Crippen LogP contribution in [0.4, 0.5) is 5.82 Å². The fraction of sp³-hybridized carbons (Fsp3) is 0.333. The van der Waals surface area contributed by atoms with Crippen molar-refractivity contribution in [2.24, 2.45) is 5.92 Å². The highest BCUT2D eigenvalue weighted by atomic mass is 35.5. The van der Waals surface area contributed by atoms with Gasteiger partial charge in [-0.3, -0.25) is 5.10 Å². The lowest BCUT2D eigenvalue weighted by Gasteiger charge is -2.15. The number of benzene rings is 1. The number of halogens is 1. The zero-order valence-electron chi connectivity index (χ0n) is 13.1. The van der Waals surface area contributed by atoms with Gasteiger partial charge < -0.3 is 5.73 Å². The second kappa shape index (κ2) is 5.53. The van der Waals surface area contributed by atoms with Crippen LogP contribution in [0.2, 0.25) is 5.02 Å².